The molecule has 1 N–H and O–H groups in total. The molecule has 3 aromatic carbocycles. The number of hydrogen-bond acceptors (Lipinski definition) is 1. The number of carbonyl (C=O) groups is 1. The molecule has 0 radical (unpaired) electrons. The van der Waals surface area contributed by atoms with E-state index in [1.54, 1.807) is 12.1 Å². The number of benzene rings is 3. The van der Waals surface area contributed by atoms with Crippen molar-refractivity contribution in [3.8, 4) is 11.1 Å². The summed E-state index contributed by atoms with van der Waals surface area (Å²) in [5, 5.41) is 3.67. The van der Waals surface area contributed by atoms with Crippen molar-refractivity contribution in [2.75, 3.05) is 5.32 Å². The van der Waals surface area contributed by atoms with Gasteiger partial charge < -0.3 is 5.32 Å². The molecular formula is C20H16ClNO. The summed E-state index contributed by atoms with van der Waals surface area (Å²) < 4.78 is 0. The molecule has 0 aliphatic heterocycles. The van der Waals surface area contributed by atoms with Crippen LogP contribution in [0.3, 0.4) is 0 Å². The number of hydrogen-bond donors (Lipinski definition) is 1. The second kappa shape index (κ2) is 7.12. The zero-order valence-electron chi connectivity index (χ0n) is 12.5. The highest BCUT2D eigenvalue weighted by Gasteiger charge is 2.08. The Balaban J connectivity index is 1.78. The number of nitrogens with one attached hydrogen (secondary N) is 1. The van der Waals surface area contributed by atoms with Gasteiger partial charge in [0.25, 0.3) is 0 Å². The third-order valence-corrected chi connectivity index (χ3v) is 3.82. The predicted octanol–water partition coefficient (Wildman–Crippen LogP) is 5.19. The van der Waals surface area contributed by atoms with Crippen molar-refractivity contribution in [1.29, 1.82) is 0 Å². The largest absolute Gasteiger partial charge is 0.325 e. The Bertz CT molecular complexity index is 797. The van der Waals surface area contributed by atoms with E-state index in [9.17, 15) is 4.79 Å². The highest BCUT2D eigenvalue weighted by molar-refractivity contribution is 6.30. The molecule has 0 aromatic heterocycles. The third-order valence-electron chi connectivity index (χ3n) is 3.56. The quantitative estimate of drug-likeness (QED) is 0.704. The van der Waals surface area contributed by atoms with Crippen LogP contribution in [0.25, 0.3) is 11.1 Å². The van der Waals surface area contributed by atoms with Gasteiger partial charge in [0.2, 0.25) is 5.91 Å². The van der Waals surface area contributed by atoms with Crippen LogP contribution >= 0.6 is 11.6 Å². The molecule has 3 heteroatoms. The topological polar surface area (TPSA) is 29.1 Å². The first-order valence-corrected chi connectivity index (χ1v) is 7.79. The lowest BCUT2D eigenvalue weighted by Gasteiger charge is -2.11. The second-order valence-electron chi connectivity index (χ2n) is 5.26. The molecule has 0 spiro atoms. The average molecular weight is 322 g/mol. The van der Waals surface area contributed by atoms with Crippen molar-refractivity contribution in [2.45, 2.75) is 6.42 Å². The SMILES string of the molecule is O=C(Cc1ccc(Cl)cc1)Nc1ccccc1-c1ccccc1. The van der Waals surface area contributed by atoms with Crippen LogP contribution in [0.5, 0.6) is 0 Å². The second-order valence-corrected chi connectivity index (χ2v) is 5.70. The van der Waals surface area contributed by atoms with E-state index >= 15 is 0 Å². The van der Waals surface area contributed by atoms with E-state index < -0.39 is 0 Å². The Morgan fingerprint density at radius 3 is 2.22 bits per heavy atom. The molecule has 0 saturated carbocycles. The Hall–Kier alpha value is -2.58. The van der Waals surface area contributed by atoms with Crippen LogP contribution in [0.15, 0.2) is 78.9 Å². The molecule has 0 bridgehead atoms. The van der Waals surface area contributed by atoms with Gasteiger partial charge in [0, 0.05) is 16.3 Å². The average Bonchev–Trinajstić information content (AvgIpc) is 2.58. The third kappa shape index (κ3) is 3.99. The Kier molecular flexibility index (Phi) is 4.74. The fourth-order valence-corrected chi connectivity index (χ4v) is 2.57. The van der Waals surface area contributed by atoms with Crippen molar-refractivity contribution in [1.82, 2.24) is 0 Å². The van der Waals surface area contributed by atoms with Crippen LogP contribution in [-0.2, 0) is 11.2 Å². The van der Waals surface area contributed by atoms with Crippen LogP contribution in [0.4, 0.5) is 5.69 Å². The first-order valence-electron chi connectivity index (χ1n) is 7.41. The van der Waals surface area contributed by atoms with E-state index in [0.717, 1.165) is 22.4 Å². The number of carbonyl (C=O) groups excluding carboxylic acids is 1. The van der Waals surface area contributed by atoms with E-state index in [-0.39, 0.29) is 5.91 Å². The lowest BCUT2D eigenvalue weighted by atomic mass is 10.0. The van der Waals surface area contributed by atoms with Crippen molar-refractivity contribution in [2.24, 2.45) is 0 Å². The molecule has 114 valence electrons. The Morgan fingerprint density at radius 1 is 0.826 bits per heavy atom. The van der Waals surface area contributed by atoms with Gasteiger partial charge in [0.05, 0.1) is 6.42 Å². The van der Waals surface area contributed by atoms with Gasteiger partial charge in [-0.05, 0) is 29.3 Å². The fourth-order valence-electron chi connectivity index (χ4n) is 2.44. The molecule has 0 saturated heterocycles. The highest BCUT2D eigenvalue weighted by Crippen LogP contribution is 2.27. The number of anilines is 1. The van der Waals surface area contributed by atoms with Crippen molar-refractivity contribution < 1.29 is 4.79 Å². The lowest BCUT2D eigenvalue weighted by Crippen LogP contribution is -2.14. The normalized spacial score (nSPS) is 10.3. The van der Waals surface area contributed by atoms with E-state index in [1.165, 1.54) is 0 Å². The van der Waals surface area contributed by atoms with Crippen LogP contribution < -0.4 is 5.32 Å². The molecule has 1 amide bonds. The molecule has 0 aliphatic carbocycles. The van der Waals surface area contributed by atoms with Gasteiger partial charge in [-0.15, -0.1) is 0 Å². The van der Waals surface area contributed by atoms with Crippen LogP contribution in [0, 0.1) is 0 Å². The van der Waals surface area contributed by atoms with E-state index in [2.05, 4.69) is 5.32 Å². The Labute approximate surface area is 140 Å². The van der Waals surface area contributed by atoms with Gasteiger partial charge in [0.1, 0.15) is 0 Å². The van der Waals surface area contributed by atoms with Crippen molar-refractivity contribution in [3.63, 3.8) is 0 Å². The molecule has 3 rings (SSSR count). The minimum absolute atomic E-state index is 0.0456. The minimum Gasteiger partial charge on any atom is -0.325 e. The molecule has 0 fully saturated rings. The van der Waals surface area contributed by atoms with E-state index in [0.29, 0.717) is 11.4 Å². The molecule has 2 nitrogen and oxygen atoms in total. The van der Waals surface area contributed by atoms with Crippen LogP contribution in [0.2, 0.25) is 5.02 Å². The minimum atomic E-state index is -0.0456. The number of halogens is 1. The molecule has 0 heterocycles. The summed E-state index contributed by atoms with van der Waals surface area (Å²) in [6, 6.07) is 25.2. The summed E-state index contributed by atoms with van der Waals surface area (Å²) in [5.74, 6) is -0.0456. The van der Waals surface area contributed by atoms with Crippen LogP contribution in [0.1, 0.15) is 5.56 Å². The molecule has 0 aliphatic rings. The highest BCUT2D eigenvalue weighted by atomic mass is 35.5. The summed E-state index contributed by atoms with van der Waals surface area (Å²) in [7, 11) is 0. The van der Waals surface area contributed by atoms with Gasteiger partial charge in [-0.1, -0.05) is 72.3 Å². The monoisotopic (exact) mass is 321 g/mol. The molecule has 23 heavy (non-hydrogen) atoms. The molecule has 0 unspecified atom stereocenters. The first-order chi connectivity index (χ1) is 11.2. The van der Waals surface area contributed by atoms with E-state index in [4.69, 9.17) is 11.6 Å². The zero-order valence-corrected chi connectivity index (χ0v) is 13.3. The van der Waals surface area contributed by atoms with Gasteiger partial charge in [-0.3, -0.25) is 4.79 Å². The molecule has 3 aromatic rings. The summed E-state index contributed by atoms with van der Waals surface area (Å²) in [5.41, 5.74) is 3.84. The smallest absolute Gasteiger partial charge is 0.228 e. The fraction of sp³-hybridized carbons (Fsp3) is 0.0500. The van der Waals surface area contributed by atoms with Gasteiger partial charge >= 0.3 is 0 Å². The zero-order chi connectivity index (χ0) is 16.1. The van der Waals surface area contributed by atoms with E-state index in [1.807, 2.05) is 66.7 Å². The number of amides is 1. The standard InChI is InChI=1S/C20H16ClNO/c21-17-12-10-15(11-13-17)14-20(23)22-19-9-5-4-8-18(19)16-6-2-1-3-7-16/h1-13H,14H2,(H,22,23). The van der Waals surface area contributed by atoms with Crippen LogP contribution in [-0.4, -0.2) is 5.91 Å². The maximum Gasteiger partial charge on any atom is 0.228 e. The molecule has 0 atom stereocenters. The van der Waals surface area contributed by atoms with Gasteiger partial charge in [-0.25, -0.2) is 0 Å². The summed E-state index contributed by atoms with van der Waals surface area (Å²) in [6.45, 7) is 0. The predicted molar refractivity (Wildman–Crippen MR) is 95.7 cm³/mol. The molecular weight excluding hydrogens is 306 g/mol. The Morgan fingerprint density at radius 2 is 1.48 bits per heavy atom. The van der Waals surface area contributed by atoms with Gasteiger partial charge in [0.15, 0.2) is 0 Å². The lowest BCUT2D eigenvalue weighted by molar-refractivity contribution is -0.115. The summed E-state index contributed by atoms with van der Waals surface area (Å²) in [6.07, 6.45) is 0.320. The first kappa shape index (κ1) is 15.3. The summed E-state index contributed by atoms with van der Waals surface area (Å²) >= 11 is 5.87. The van der Waals surface area contributed by atoms with Crippen molar-refractivity contribution >= 4 is 23.2 Å². The summed E-state index contributed by atoms with van der Waals surface area (Å²) in [4.78, 5) is 12.3. The van der Waals surface area contributed by atoms with Gasteiger partial charge in [-0.2, -0.15) is 0 Å². The van der Waals surface area contributed by atoms with Crippen molar-refractivity contribution in [3.05, 3.63) is 89.4 Å². The number of para-hydroxylation sites is 1. The maximum atomic E-state index is 12.3. The number of rotatable bonds is 4. The maximum absolute atomic E-state index is 12.3.